The third-order valence-electron chi connectivity index (χ3n) is 5.03. The van der Waals surface area contributed by atoms with Crippen molar-refractivity contribution >= 4 is 5.91 Å². The maximum absolute atomic E-state index is 14.0. The van der Waals surface area contributed by atoms with Gasteiger partial charge in [0.2, 0.25) is 5.88 Å². The summed E-state index contributed by atoms with van der Waals surface area (Å²) in [5, 5.41) is 0. The average molecular weight is 344 g/mol. The number of carbonyl (C=O) groups excluding carboxylic acids is 1. The monoisotopic (exact) mass is 344 g/mol. The molecule has 2 unspecified atom stereocenters. The Morgan fingerprint density at radius 3 is 2.32 bits per heavy atom. The van der Waals surface area contributed by atoms with Crippen molar-refractivity contribution in [3.63, 3.8) is 0 Å². The van der Waals surface area contributed by atoms with E-state index in [1.54, 1.807) is 17.2 Å². The zero-order valence-electron chi connectivity index (χ0n) is 13.6. The Morgan fingerprint density at radius 1 is 1.04 bits per heavy atom. The van der Waals surface area contributed by atoms with Gasteiger partial charge in [-0.15, -0.1) is 0 Å². The molecule has 2 saturated heterocycles. The van der Waals surface area contributed by atoms with Crippen LogP contribution in [0, 0.1) is 11.6 Å². The van der Waals surface area contributed by atoms with E-state index in [2.05, 4.69) is 4.98 Å². The number of ether oxygens (including phenoxy) is 1. The lowest BCUT2D eigenvalue weighted by Crippen LogP contribution is -2.49. The highest BCUT2D eigenvalue weighted by Gasteiger charge is 2.45. The van der Waals surface area contributed by atoms with Crippen molar-refractivity contribution < 1.29 is 18.3 Å². The second-order valence-corrected chi connectivity index (χ2v) is 6.57. The number of amides is 1. The van der Waals surface area contributed by atoms with E-state index in [0.717, 1.165) is 25.0 Å². The summed E-state index contributed by atoms with van der Waals surface area (Å²) in [5.41, 5.74) is -0.455. The lowest BCUT2D eigenvalue weighted by molar-refractivity contribution is 0.0340. The molecule has 3 heterocycles. The van der Waals surface area contributed by atoms with E-state index < -0.39 is 23.1 Å². The number of pyridine rings is 1. The number of nitrogens with zero attached hydrogens (tertiary/aromatic N) is 2. The summed E-state index contributed by atoms with van der Waals surface area (Å²) >= 11 is 0. The van der Waals surface area contributed by atoms with E-state index in [-0.39, 0.29) is 18.2 Å². The largest absolute Gasteiger partial charge is 0.474 e. The SMILES string of the molecule is O=C(c1c(F)cccc1F)N1C2CCC1CC(Oc1ccccn1)C2. The molecule has 2 aromatic rings. The lowest BCUT2D eigenvalue weighted by Gasteiger charge is -2.38. The lowest BCUT2D eigenvalue weighted by atomic mass is 9.98. The second-order valence-electron chi connectivity index (χ2n) is 6.57. The van der Waals surface area contributed by atoms with E-state index in [9.17, 15) is 13.6 Å². The van der Waals surface area contributed by atoms with Gasteiger partial charge in [0, 0.05) is 37.2 Å². The molecule has 1 amide bonds. The van der Waals surface area contributed by atoms with Crippen LogP contribution >= 0.6 is 0 Å². The van der Waals surface area contributed by atoms with Crippen LogP contribution < -0.4 is 4.74 Å². The molecule has 0 aliphatic carbocycles. The molecule has 0 saturated carbocycles. The molecule has 2 bridgehead atoms. The predicted molar refractivity (Wildman–Crippen MR) is 87.2 cm³/mol. The van der Waals surface area contributed by atoms with Gasteiger partial charge in [0.1, 0.15) is 23.3 Å². The number of aromatic nitrogens is 1. The van der Waals surface area contributed by atoms with Crippen LogP contribution in [-0.2, 0) is 0 Å². The van der Waals surface area contributed by atoms with Gasteiger partial charge in [0.15, 0.2) is 0 Å². The Bertz CT molecular complexity index is 750. The van der Waals surface area contributed by atoms with Crippen LogP contribution in [-0.4, -0.2) is 34.0 Å². The first-order valence-corrected chi connectivity index (χ1v) is 8.48. The van der Waals surface area contributed by atoms with E-state index in [0.29, 0.717) is 18.7 Å². The molecule has 25 heavy (non-hydrogen) atoms. The minimum absolute atomic E-state index is 0.0399. The molecule has 1 aromatic carbocycles. The zero-order chi connectivity index (χ0) is 17.4. The first kappa shape index (κ1) is 16.0. The molecule has 0 N–H and O–H groups in total. The van der Waals surface area contributed by atoms with Crippen LogP contribution in [0.2, 0.25) is 0 Å². The fraction of sp³-hybridized carbons (Fsp3) is 0.368. The first-order chi connectivity index (χ1) is 12.1. The van der Waals surface area contributed by atoms with Gasteiger partial charge < -0.3 is 9.64 Å². The summed E-state index contributed by atoms with van der Waals surface area (Å²) in [4.78, 5) is 18.6. The Labute approximate surface area is 144 Å². The summed E-state index contributed by atoms with van der Waals surface area (Å²) < 4.78 is 33.9. The molecule has 1 aromatic heterocycles. The third kappa shape index (κ3) is 2.97. The standard InChI is InChI=1S/C19H18F2N2O2/c20-15-4-3-5-16(21)18(15)19(24)23-12-7-8-13(23)11-14(10-12)25-17-6-1-2-9-22-17/h1-6,9,12-14H,7-8,10-11H2. The molecule has 130 valence electrons. The number of fused-ring (bicyclic) bond motifs is 2. The van der Waals surface area contributed by atoms with Gasteiger partial charge in [-0.1, -0.05) is 12.1 Å². The molecule has 0 radical (unpaired) electrons. The smallest absolute Gasteiger partial charge is 0.260 e. The molecule has 2 atom stereocenters. The van der Waals surface area contributed by atoms with Crippen LogP contribution in [0.5, 0.6) is 5.88 Å². The van der Waals surface area contributed by atoms with Crippen LogP contribution in [0.25, 0.3) is 0 Å². The topological polar surface area (TPSA) is 42.4 Å². The van der Waals surface area contributed by atoms with Crippen molar-refractivity contribution in [2.45, 2.75) is 43.9 Å². The van der Waals surface area contributed by atoms with Gasteiger partial charge in [-0.3, -0.25) is 4.79 Å². The molecule has 2 fully saturated rings. The quantitative estimate of drug-likeness (QED) is 0.855. The summed E-state index contributed by atoms with van der Waals surface area (Å²) in [6, 6.07) is 8.87. The van der Waals surface area contributed by atoms with Gasteiger partial charge in [0.25, 0.3) is 5.91 Å². The number of hydrogen-bond donors (Lipinski definition) is 0. The van der Waals surface area contributed by atoms with Gasteiger partial charge in [0.05, 0.1) is 0 Å². The zero-order valence-corrected chi connectivity index (χ0v) is 13.6. The number of benzene rings is 1. The maximum Gasteiger partial charge on any atom is 0.260 e. The van der Waals surface area contributed by atoms with Crippen LogP contribution in [0.1, 0.15) is 36.0 Å². The molecular formula is C19H18F2N2O2. The van der Waals surface area contributed by atoms with Crippen LogP contribution in [0.4, 0.5) is 8.78 Å². The number of rotatable bonds is 3. The van der Waals surface area contributed by atoms with Crippen molar-refractivity contribution in [2.75, 3.05) is 0 Å². The van der Waals surface area contributed by atoms with Gasteiger partial charge in [-0.25, -0.2) is 13.8 Å². The number of hydrogen-bond acceptors (Lipinski definition) is 3. The predicted octanol–water partition coefficient (Wildman–Crippen LogP) is 3.57. The van der Waals surface area contributed by atoms with Gasteiger partial charge >= 0.3 is 0 Å². The van der Waals surface area contributed by atoms with Crippen molar-refractivity contribution in [1.29, 1.82) is 0 Å². The van der Waals surface area contributed by atoms with Crippen molar-refractivity contribution in [2.24, 2.45) is 0 Å². The highest BCUT2D eigenvalue weighted by molar-refractivity contribution is 5.95. The Hall–Kier alpha value is -2.50. The number of halogens is 2. The van der Waals surface area contributed by atoms with Crippen molar-refractivity contribution in [3.05, 3.63) is 59.8 Å². The highest BCUT2D eigenvalue weighted by Crippen LogP contribution is 2.38. The molecule has 4 rings (SSSR count). The summed E-state index contributed by atoms with van der Waals surface area (Å²) in [6.07, 6.45) is 4.58. The molecular weight excluding hydrogens is 326 g/mol. The van der Waals surface area contributed by atoms with E-state index in [4.69, 9.17) is 4.74 Å². The summed E-state index contributed by atoms with van der Waals surface area (Å²) in [6.45, 7) is 0. The Morgan fingerprint density at radius 2 is 1.72 bits per heavy atom. The van der Waals surface area contributed by atoms with E-state index >= 15 is 0 Å². The molecule has 4 nitrogen and oxygen atoms in total. The fourth-order valence-electron chi connectivity index (χ4n) is 3.97. The number of piperidine rings is 1. The molecule has 2 aliphatic heterocycles. The summed E-state index contributed by atoms with van der Waals surface area (Å²) in [5.74, 6) is -1.61. The molecule has 2 aliphatic rings. The second kappa shape index (κ2) is 6.43. The normalized spacial score (nSPS) is 25.0. The van der Waals surface area contributed by atoms with Crippen LogP contribution in [0.15, 0.2) is 42.6 Å². The van der Waals surface area contributed by atoms with Gasteiger partial charge in [-0.2, -0.15) is 0 Å². The minimum Gasteiger partial charge on any atom is -0.474 e. The van der Waals surface area contributed by atoms with Crippen molar-refractivity contribution in [3.8, 4) is 5.88 Å². The summed E-state index contributed by atoms with van der Waals surface area (Å²) in [7, 11) is 0. The van der Waals surface area contributed by atoms with Crippen molar-refractivity contribution in [1.82, 2.24) is 9.88 Å². The maximum atomic E-state index is 14.0. The van der Waals surface area contributed by atoms with E-state index in [1.165, 1.54) is 6.07 Å². The third-order valence-corrected chi connectivity index (χ3v) is 5.03. The Kier molecular flexibility index (Phi) is 4.11. The average Bonchev–Trinajstić information content (AvgIpc) is 2.86. The fourth-order valence-corrected chi connectivity index (χ4v) is 3.97. The molecule has 6 heteroatoms. The number of carbonyl (C=O) groups is 1. The first-order valence-electron chi connectivity index (χ1n) is 8.48. The molecule has 0 spiro atoms. The highest BCUT2D eigenvalue weighted by atomic mass is 19.1. The van der Waals surface area contributed by atoms with E-state index in [1.807, 2.05) is 12.1 Å². The van der Waals surface area contributed by atoms with Gasteiger partial charge in [-0.05, 0) is 31.0 Å². The minimum atomic E-state index is -0.809. The Balaban J connectivity index is 1.52. The van der Waals surface area contributed by atoms with Crippen LogP contribution in [0.3, 0.4) is 0 Å².